The lowest BCUT2D eigenvalue weighted by Gasteiger charge is -2.08. The fraction of sp³-hybridized carbons (Fsp3) is 0.190. The molecule has 8 heteroatoms. The van der Waals surface area contributed by atoms with Gasteiger partial charge in [-0.25, -0.2) is 0 Å². The first-order chi connectivity index (χ1) is 14.1. The molecule has 29 heavy (non-hydrogen) atoms. The van der Waals surface area contributed by atoms with E-state index in [0.29, 0.717) is 18.7 Å². The van der Waals surface area contributed by atoms with Crippen LogP contribution >= 0.6 is 11.9 Å². The minimum atomic E-state index is -0.186. The van der Waals surface area contributed by atoms with Crippen LogP contribution in [0.4, 0.5) is 0 Å². The minimum Gasteiger partial charge on any atom is -0.353 e. The summed E-state index contributed by atoms with van der Waals surface area (Å²) in [4.78, 5) is 25.2. The largest absolute Gasteiger partial charge is 0.353 e. The predicted molar refractivity (Wildman–Crippen MR) is 114 cm³/mol. The van der Waals surface area contributed by atoms with Gasteiger partial charge < -0.3 is 10.6 Å². The van der Waals surface area contributed by atoms with Crippen LogP contribution in [-0.4, -0.2) is 41.6 Å². The molecule has 0 saturated carbocycles. The van der Waals surface area contributed by atoms with Crippen LogP contribution in [0.1, 0.15) is 15.9 Å². The number of carbonyl (C=O) groups excluding carboxylic acids is 2. The number of carbonyl (C=O) groups is 2. The van der Waals surface area contributed by atoms with Gasteiger partial charge in [-0.3, -0.25) is 19.4 Å². The molecule has 0 bridgehead atoms. The number of H-pyrrole nitrogens is 1. The van der Waals surface area contributed by atoms with Crippen LogP contribution in [0, 0.1) is 6.92 Å². The standard InChI is InChI=1S/C21H23N5O2S/c1-15-5-7-18(8-6-15)29-25-14-20(27)22-11-12-23-21(28)17-4-2-3-16(13-17)19-9-10-24-26-19/h2-10,13,25H,11-12,14H2,1H3,(H,22,27)(H,23,28)(H,24,26). The SMILES string of the molecule is Cc1ccc(SNCC(=O)NCCNC(=O)c2cccc(-c3ccn[nH]3)c2)cc1. The summed E-state index contributed by atoms with van der Waals surface area (Å²) < 4.78 is 3.03. The minimum absolute atomic E-state index is 0.125. The fourth-order valence-corrected chi connectivity index (χ4v) is 3.22. The summed E-state index contributed by atoms with van der Waals surface area (Å²) in [5, 5.41) is 12.4. The first kappa shape index (κ1) is 20.6. The van der Waals surface area contributed by atoms with Crippen LogP contribution in [0.5, 0.6) is 0 Å². The predicted octanol–water partition coefficient (Wildman–Crippen LogP) is 2.53. The lowest BCUT2D eigenvalue weighted by molar-refractivity contribution is -0.119. The van der Waals surface area contributed by atoms with Gasteiger partial charge >= 0.3 is 0 Å². The first-order valence-electron chi connectivity index (χ1n) is 9.23. The number of hydrogen-bond acceptors (Lipinski definition) is 5. The van der Waals surface area contributed by atoms with Crippen molar-refractivity contribution in [3.05, 3.63) is 71.9 Å². The molecule has 0 aliphatic carbocycles. The van der Waals surface area contributed by atoms with Gasteiger partial charge in [0.2, 0.25) is 5.91 Å². The van der Waals surface area contributed by atoms with Crippen molar-refractivity contribution in [1.82, 2.24) is 25.6 Å². The highest BCUT2D eigenvalue weighted by Gasteiger charge is 2.08. The summed E-state index contributed by atoms with van der Waals surface area (Å²) in [6, 6.07) is 17.2. The number of aromatic amines is 1. The average molecular weight is 410 g/mol. The quantitative estimate of drug-likeness (QED) is 0.322. The van der Waals surface area contributed by atoms with Crippen molar-refractivity contribution in [3.8, 4) is 11.3 Å². The van der Waals surface area contributed by atoms with E-state index >= 15 is 0 Å². The number of nitrogens with zero attached hydrogens (tertiary/aromatic N) is 1. The highest BCUT2D eigenvalue weighted by atomic mass is 32.2. The van der Waals surface area contributed by atoms with E-state index in [1.54, 1.807) is 18.3 Å². The van der Waals surface area contributed by atoms with Gasteiger partial charge in [0.15, 0.2) is 0 Å². The highest BCUT2D eigenvalue weighted by molar-refractivity contribution is 7.97. The Balaban J connectivity index is 1.34. The van der Waals surface area contributed by atoms with Crippen molar-refractivity contribution >= 4 is 23.8 Å². The number of hydrogen-bond donors (Lipinski definition) is 4. The molecular formula is C21H23N5O2S. The molecule has 4 N–H and O–H groups in total. The van der Waals surface area contributed by atoms with Gasteiger partial charge in [0, 0.05) is 35.3 Å². The smallest absolute Gasteiger partial charge is 0.251 e. The van der Waals surface area contributed by atoms with E-state index in [9.17, 15) is 9.59 Å². The van der Waals surface area contributed by atoms with Crippen molar-refractivity contribution < 1.29 is 9.59 Å². The number of rotatable bonds is 9. The topological polar surface area (TPSA) is 98.9 Å². The molecule has 3 aromatic rings. The summed E-state index contributed by atoms with van der Waals surface area (Å²) in [6.07, 6.45) is 1.67. The van der Waals surface area contributed by atoms with Crippen molar-refractivity contribution in [2.75, 3.05) is 19.6 Å². The van der Waals surface area contributed by atoms with Gasteiger partial charge in [-0.1, -0.05) is 29.8 Å². The van der Waals surface area contributed by atoms with E-state index in [2.05, 4.69) is 25.6 Å². The van der Waals surface area contributed by atoms with Crippen LogP contribution in [0.25, 0.3) is 11.3 Å². The Kier molecular flexibility index (Phi) is 7.43. The summed E-state index contributed by atoms with van der Waals surface area (Å²) >= 11 is 1.41. The molecule has 0 saturated heterocycles. The highest BCUT2D eigenvalue weighted by Crippen LogP contribution is 2.17. The third-order valence-corrected chi connectivity index (χ3v) is 4.91. The maximum atomic E-state index is 12.3. The zero-order valence-corrected chi connectivity index (χ0v) is 16.9. The summed E-state index contributed by atoms with van der Waals surface area (Å²) in [5.74, 6) is -0.311. The molecule has 2 amide bonds. The van der Waals surface area contributed by atoms with Crippen molar-refractivity contribution in [2.24, 2.45) is 0 Å². The Labute approximate surface area is 173 Å². The van der Waals surface area contributed by atoms with E-state index in [1.165, 1.54) is 17.5 Å². The van der Waals surface area contributed by atoms with E-state index in [-0.39, 0.29) is 18.4 Å². The Morgan fingerprint density at radius 2 is 1.83 bits per heavy atom. The monoisotopic (exact) mass is 409 g/mol. The van der Waals surface area contributed by atoms with Crippen molar-refractivity contribution in [2.45, 2.75) is 11.8 Å². The third-order valence-electron chi connectivity index (χ3n) is 4.11. The Morgan fingerprint density at radius 1 is 1.03 bits per heavy atom. The van der Waals surface area contributed by atoms with Crippen LogP contribution in [0.15, 0.2) is 65.7 Å². The molecule has 0 atom stereocenters. The van der Waals surface area contributed by atoms with Gasteiger partial charge in [0.05, 0.1) is 12.2 Å². The molecule has 2 aromatic carbocycles. The van der Waals surface area contributed by atoms with Gasteiger partial charge in [-0.15, -0.1) is 0 Å². The second-order valence-corrected chi connectivity index (χ2v) is 7.36. The zero-order chi connectivity index (χ0) is 20.5. The molecule has 0 aliphatic heterocycles. The van der Waals surface area contributed by atoms with Gasteiger partial charge in [-0.05, 0) is 49.2 Å². The first-order valence-corrected chi connectivity index (χ1v) is 10.0. The molecule has 0 aliphatic rings. The number of aryl methyl sites for hydroxylation is 1. The summed E-state index contributed by atoms with van der Waals surface area (Å²) in [5.41, 5.74) is 3.49. The normalized spacial score (nSPS) is 10.5. The molecule has 3 rings (SSSR count). The Bertz CT molecular complexity index is 942. The second-order valence-electron chi connectivity index (χ2n) is 6.39. The summed E-state index contributed by atoms with van der Waals surface area (Å²) in [7, 11) is 0. The second kappa shape index (κ2) is 10.4. The van der Waals surface area contributed by atoms with Crippen molar-refractivity contribution in [3.63, 3.8) is 0 Å². The number of aromatic nitrogens is 2. The lowest BCUT2D eigenvalue weighted by atomic mass is 10.1. The molecule has 1 aromatic heterocycles. The lowest BCUT2D eigenvalue weighted by Crippen LogP contribution is -2.37. The molecule has 150 valence electrons. The van der Waals surface area contributed by atoms with Gasteiger partial charge in [-0.2, -0.15) is 5.10 Å². The van der Waals surface area contributed by atoms with Crippen LogP contribution in [0.2, 0.25) is 0 Å². The average Bonchev–Trinajstić information content (AvgIpc) is 3.28. The molecule has 0 spiro atoms. The zero-order valence-electron chi connectivity index (χ0n) is 16.1. The van der Waals surface area contributed by atoms with Gasteiger partial charge in [0.1, 0.15) is 0 Å². The Morgan fingerprint density at radius 3 is 2.59 bits per heavy atom. The maximum absolute atomic E-state index is 12.3. The number of benzene rings is 2. The fourth-order valence-electron chi connectivity index (χ4n) is 2.58. The van der Waals surface area contributed by atoms with E-state index in [0.717, 1.165) is 16.2 Å². The molecule has 0 fully saturated rings. The van der Waals surface area contributed by atoms with E-state index in [4.69, 9.17) is 0 Å². The van der Waals surface area contributed by atoms with Crippen LogP contribution < -0.4 is 15.4 Å². The van der Waals surface area contributed by atoms with Crippen LogP contribution in [-0.2, 0) is 4.79 Å². The number of nitrogens with one attached hydrogen (secondary N) is 4. The Hall–Kier alpha value is -3.10. The van der Waals surface area contributed by atoms with Gasteiger partial charge in [0.25, 0.3) is 5.91 Å². The van der Waals surface area contributed by atoms with Crippen molar-refractivity contribution in [1.29, 1.82) is 0 Å². The molecular weight excluding hydrogens is 386 g/mol. The molecule has 0 radical (unpaired) electrons. The molecule has 0 unspecified atom stereocenters. The van der Waals surface area contributed by atoms with Crippen LogP contribution in [0.3, 0.4) is 0 Å². The molecule has 7 nitrogen and oxygen atoms in total. The third kappa shape index (κ3) is 6.48. The molecule has 1 heterocycles. The van der Waals surface area contributed by atoms with E-state index < -0.39 is 0 Å². The number of amides is 2. The van der Waals surface area contributed by atoms with E-state index in [1.807, 2.05) is 49.4 Å². The maximum Gasteiger partial charge on any atom is 0.251 e. The summed E-state index contributed by atoms with van der Waals surface area (Å²) in [6.45, 7) is 2.94.